The molecule has 0 aliphatic heterocycles. The number of carboxylic acids is 1. The Labute approximate surface area is 183 Å². The Kier molecular flexibility index (Phi) is 5.82. The molecule has 2 aliphatic rings. The summed E-state index contributed by atoms with van der Waals surface area (Å²) in [5.74, 6) is -0.115. The van der Waals surface area contributed by atoms with Crippen molar-refractivity contribution in [2.75, 3.05) is 11.9 Å². The fourth-order valence-corrected chi connectivity index (χ4v) is 5.96. The topological polar surface area (TPSA) is 69.6 Å². The van der Waals surface area contributed by atoms with E-state index in [1.54, 1.807) is 12.1 Å². The van der Waals surface area contributed by atoms with E-state index in [0.717, 1.165) is 31.4 Å². The van der Waals surface area contributed by atoms with Gasteiger partial charge in [0.25, 0.3) is 0 Å². The zero-order valence-electron chi connectivity index (χ0n) is 17.4. The highest BCUT2D eigenvalue weighted by atomic mass is 35.5. The van der Waals surface area contributed by atoms with Gasteiger partial charge in [-0.2, -0.15) is 0 Å². The number of hydrogen-bond acceptors (Lipinski definition) is 3. The van der Waals surface area contributed by atoms with E-state index in [1.165, 1.54) is 11.1 Å². The van der Waals surface area contributed by atoms with Crippen molar-refractivity contribution in [3.63, 3.8) is 0 Å². The van der Waals surface area contributed by atoms with E-state index >= 15 is 0 Å². The number of nitrogens with one attached hydrogen (secondary N) is 1. The van der Waals surface area contributed by atoms with Crippen molar-refractivity contribution in [1.29, 1.82) is 0 Å². The van der Waals surface area contributed by atoms with E-state index in [-0.39, 0.29) is 17.9 Å². The van der Waals surface area contributed by atoms with Crippen LogP contribution in [0.1, 0.15) is 50.2 Å². The Balaban J connectivity index is 1.63. The molecule has 4 rings (SSSR count). The summed E-state index contributed by atoms with van der Waals surface area (Å²) in [5.41, 5.74) is 2.54. The number of carboxylic acid groups (broad SMARTS) is 1. The van der Waals surface area contributed by atoms with Crippen molar-refractivity contribution in [2.45, 2.75) is 56.4 Å². The highest BCUT2D eigenvalue weighted by molar-refractivity contribution is 6.30. The number of aliphatic hydroxyl groups excluding tert-OH is 1. The van der Waals surface area contributed by atoms with Crippen LogP contribution in [0.25, 0.3) is 0 Å². The summed E-state index contributed by atoms with van der Waals surface area (Å²) >= 11 is 6.12. The number of benzene rings is 2. The minimum absolute atomic E-state index is 0.00497. The summed E-state index contributed by atoms with van der Waals surface area (Å²) in [4.78, 5) is 12.4. The first kappa shape index (κ1) is 21.2. The molecule has 2 aliphatic carbocycles. The monoisotopic (exact) mass is 427 g/mol. The van der Waals surface area contributed by atoms with Crippen LogP contribution < -0.4 is 5.32 Å². The van der Waals surface area contributed by atoms with Gasteiger partial charge in [-0.05, 0) is 85.1 Å². The van der Waals surface area contributed by atoms with E-state index in [1.807, 2.05) is 12.1 Å². The molecule has 2 aromatic rings. The molecule has 0 heterocycles. The lowest BCUT2D eigenvalue weighted by atomic mass is 9.59. The van der Waals surface area contributed by atoms with E-state index < -0.39 is 11.5 Å². The molecule has 0 aromatic heterocycles. The van der Waals surface area contributed by atoms with Gasteiger partial charge in [-0.15, -0.1) is 0 Å². The van der Waals surface area contributed by atoms with Gasteiger partial charge in [0.2, 0.25) is 0 Å². The van der Waals surface area contributed by atoms with Crippen LogP contribution in [0.4, 0.5) is 5.69 Å². The maximum absolute atomic E-state index is 12.4. The number of hydrogen-bond donors (Lipinski definition) is 3. The van der Waals surface area contributed by atoms with Crippen LogP contribution in [0.3, 0.4) is 0 Å². The van der Waals surface area contributed by atoms with Crippen LogP contribution in [0.5, 0.6) is 0 Å². The lowest BCUT2D eigenvalue weighted by Gasteiger charge is -2.47. The first-order chi connectivity index (χ1) is 14.4. The fraction of sp³-hybridized carbons (Fsp3) is 0.480. The molecule has 1 saturated carbocycles. The summed E-state index contributed by atoms with van der Waals surface area (Å²) in [6, 6.07) is 15.9. The summed E-state index contributed by atoms with van der Waals surface area (Å²) in [6.07, 6.45) is 4.76. The molecular weight excluding hydrogens is 398 g/mol. The van der Waals surface area contributed by atoms with E-state index in [4.69, 9.17) is 11.6 Å². The van der Waals surface area contributed by atoms with Crippen molar-refractivity contribution in [1.82, 2.24) is 0 Å². The molecule has 0 saturated heterocycles. The van der Waals surface area contributed by atoms with Crippen molar-refractivity contribution in [2.24, 2.45) is 11.8 Å². The molecule has 2 atom stereocenters. The molecule has 1 spiro atoms. The Bertz CT molecular complexity index is 920. The van der Waals surface area contributed by atoms with Crippen LogP contribution >= 0.6 is 11.6 Å². The van der Waals surface area contributed by atoms with Crippen molar-refractivity contribution in [3.8, 4) is 0 Å². The van der Waals surface area contributed by atoms with Gasteiger partial charge in [0, 0.05) is 17.3 Å². The predicted molar refractivity (Wildman–Crippen MR) is 120 cm³/mol. The highest BCUT2D eigenvalue weighted by Crippen LogP contribution is 2.56. The summed E-state index contributed by atoms with van der Waals surface area (Å²) in [5, 5.41) is 23.7. The Morgan fingerprint density at radius 2 is 1.90 bits per heavy atom. The number of aliphatic carboxylic acids is 1. The van der Waals surface area contributed by atoms with E-state index in [0.29, 0.717) is 23.8 Å². The van der Waals surface area contributed by atoms with Crippen LogP contribution in [0.15, 0.2) is 48.5 Å². The predicted octanol–water partition coefficient (Wildman–Crippen LogP) is 5.28. The number of halogens is 1. The van der Waals surface area contributed by atoms with Gasteiger partial charge in [0.05, 0.1) is 0 Å². The molecule has 160 valence electrons. The van der Waals surface area contributed by atoms with Crippen LogP contribution in [-0.2, 0) is 16.6 Å². The Morgan fingerprint density at radius 1 is 1.17 bits per heavy atom. The summed E-state index contributed by atoms with van der Waals surface area (Å²) in [6.45, 7) is 2.29. The van der Waals surface area contributed by atoms with Gasteiger partial charge < -0.3 is 15.5 Å². The minimum Gasteiger partial charge on any atom is -0.480 e. The van der Waals surface area contributed by atoms with Gasteiger partial charge in [-0.3, -0.25) is 0 Å². The van der Waals surface area contributed by atoms with E-state index in [2.05, 4.69) is 36.5 Å². The average Bonchev–Trinajstić information content (AvgIpc) is 3.03. The number of aliphatic hydroxyl groups is 1. The third-order valence-corrected chi connectivity index (χ3v) is 7.65. The lowest BCUT2D eigenvalue weighted by molar-refractivity contribution is -0.144. The number of fused-ring (bicyclic) bond motifs is 2. The minimum atomic E-state index is -0.986. The first-order valence-corrected chi connectivity index (χ1v) is 11.2. The van der Waals surface area contributed by atoms with Crippen molar-refractivity contribution >= 4 is 23.3 Å². The van der Waals surface area contributed by atoms with Gasteiger partial charge in [-0.1, -0.05) is 48.9 Å². The third-order valence-electron chi connectivity index (χ3n) is 7.41. The molecule has 3 N–H and O–H groups in total. The van der Waals surface area contributed by atoms with Crippen LogP contribution in [0, 0.1) is 11.8 Å². The smallest absolute Gasteiger partial charge is 0.329 e. The molecule has 2 aromatic carbocycles. The molecule has 1 fully saturated rings. The molecule has 0 bridgehead atoms. The fourth-order valence-electron chi connectivity index (χ4n) is 5.77. The molecule has 1 unspecified atom stereocenters. The van der Waals surface area contributed by atoms with Crippen LogP contribution in [0.2, 0.25) is 5.02 Å². The molecule has 30 heavy (non-hydrogen) atoms. The normalized spacial score (nSPS) is 28.8. The Morgan fingerprint density at radius 3 is 2.57 bits per heavy atom. The molecular formula is C25H30ClNO3. The van der Waals surface area contributed by atoms with E-state index in [9.17, 15) is 15.0 Å². The van der Waals surface area contributed by atoms with Crippen molar-refractivity contribution < 1.29 is 15.0 Å². The van der Waals surface area contributed by atoms with Crippen molar-refractivity contribution in [3.05, 3.63) is 64.7 Å². The first-order valence-electron chi connectivity index (χ1n) is 10.8. The quantitative estimate of drug-likeness (QED) is 0.586. The largest absolute Gasteiger partial charge is 0.480 e. The molecule has 0 amide bonds. The molecule has 4 nitrogen and oxygen atoms in total. The van der Waals surface area contributed by atoms with Gasteiger partial charge in [0.15, 0.2) is 0 Å². The van der Waals surface area contributed by atoms with Gasteiger partial charge in [0.1, 0.15) is 5.54 Å². The number of anilines is 1. The summed E-state index contributed by atoms with van der Waals surface area (Å²) < 4.78 is 0. The average molecular weight is 428 g/mol. The highest BCUT2D eigenvalue weighted by Gasteiger charge is 2.53. The second-order valence-electron chi connectivity index (χ2n) is 9.26. The van der Waals surface area contributed by atoms with Crippen LogP contribution in [-0.4, -0.2) is 28.3 Å². The second-order valence-corrected chi connectivity index (χ2v) is 9.70. The maximum atomic E-state index is 12.4. The number of carbonyl (C=O) groups is 1. The zero-order valence-corrected chi connectivity index (χ0v) is 18.2. The Hall–Kier alpha value is -2.04. The number of rotatable bonds is 6. The lowest BCUT2D eigenvalue weighted by Crippen LogP contribution is -2.53. The molecule has 0 radical (unpaired) electrons. The third kappa shape index (κ3) is 3.72. The SMILES string of the molecule is C[C@@H](CO)CC1Cc2ccccc2C12CCC(Nc1cccc(Cl)c1)(C(=O)O)CC2. The van der Waals surface area contributed by atoms with Gasteiger partial charge in [-0.25, -0.2) is 4.79 Å². The second kappa shape index (κ2) is 8.24. The summed E-state index contributed by atoms with van der Waals surface area (Å²) in [7, 11) is 0. The molecule has 5 heteroatoms. The van der Waals surface area contributed by atoms with Gasteiger partial charge >= 0.3 is 5.97 Å². The zero-order chi connectivity index (χ0) is 21.4. The standard InChI is InChI=1S/C25H30ClNO3/c1-17(16-28)13-19-14-18-5-2-3-8-22(18)24(19)9-11-25(12-10-24,23(29)30)27-21-7-4-6-20(26)15-21/h2-8,15,17,19,27-28H,9-14,16H2,1H3,(H,29,30)/t17-,19?,24?,25?/m1/s1. The maximum Gasteiger partial charge on any atom is 0.329 e.